The fourth-order valence-corrected chi connectivity index (χ4v) is 4.47. The Morgan fingerprint density at radius 3 is 2.66 bits per heavy atom. The van der Waals surface area contributed by atoms with E-state index in [1.165, 1.54) is 0 Å². The molecule has 0 bridgehead atoms. The summed E-state index contributed by atoms with van der Waals surface area (Å²) in [6.07, 6.45) is 5.10. The summed E-state index contributed by atoms with van der Waals surface area (Å²) in [6, 6.07) is 12.8. The number of aryl methyl sites for hydroxylation is 1. The summed E-state index contributed by atoms with van der Waals surface area (Å²) in [7, 11) is 0. The van der Waals surface area contributed by atoms with Crippen LogP contribution in [-0.2, 0) is 22.6 Å². The molecule has 1 saturated carbocycles. The van der Waals surface area contributed by atoms with E-state index in [9.17, 15) is 9.59 Å². The molecule has 1 heterocycles. The van der Waals surface area contributed by atoms with Crippen LogP contribution < -0.4 is 14.8 Å². The SMILES string of the molecule is CC(C(=O)NC1CCCC1)N(Cc1ccccc1Cl)C(=O)CCc1ccc2c(c1)OCO2. The van der Waals surface area contributed by atoms with Crippen LogP contribution in [0.25, 0.3) is 0 Å². The normalized spacial score (nSPS) is 16.1. The van der Waals surface area contributed by atoms with E-state index in [2.05, 4.69) is 5.32 Å². The first-order valence-electron chi connectivity index (χ1n) is 11.2. The maximum Gasteiger partial charge on any atom is 0.242 e. The van der Waals surface area contributed by atoms with Crippen molar-refractivity contribution in [2.45, 2.75) is 64.1 Å². The van der Waals surface area contributed by atoms with Crippen LogP contribution in [0.15, 0.2) is 42.5 Å². The number of carbonyl (C=O) groups is 2. The van der Waals surface area contributed by atoms with Crippen LogP contribution in [0, 0.1) is 0 Å². The molecule has 2 aliphatic rings. The van der Waals surface area contributed by atoms with E-state index in [-0.39, 0.29) is 31.1 Å². The van der Waals surface area contributed by atoms with E-state index in [1.807, 2.05) is 36.4 Å². The lowest BCUT2D eigenvalue weighted by Crippen LogP contribution is -2.49. The zero-order valence-corrected chi connectivity index (χ0v) is 19.1. The molecule has 32 heavy (non-hydrogen) atoms. The number of amides is 2. The highest BCUT2D eigenvalue weighted by molar-refractivity contribution is 6.31. The molecule has 2 aromatic rings. The highest BCUT2D eigenvalue weighted by atomic mass is 35.5. The summed E-state index contributed by atoms with van der Waals surface area (Å²) in [5.74, 6) is 1.22. The predicted molar refractivity (Wildman–Crippen MR) is 123 cm³/mol. The average Bonchev–Trinajstić information content (AvgIpc) is 3.48. The number of nitrogens with one attached hydrogen (secondary N) is 1. The van der Waals surface area contributed by atoms with Gasteiger partial charge in [0, 0.05) is 24.0 Å². The van der Waals surface area contributed by atoms with Gasteiger partial charge in [0.15, 0.2) is 11.5 Å². The summed E-state index contributed by atoms with van der Waals surface area (Å²) in [5, 5.41) is 3.71. The number of nitrogens with zero attached hydrogens (tertiary/aromatic N) is 1. The van der Waals surface area contributed by atoms with Crippen molar-refractivity contribution in [2.24, 2.45) is 0 Å². The molecule has 1 N–H and O–H groups in total. The third kappa shape index (κ3) is 5.36. The topological polar surface area (TPSA) is 67.9 Å². The minimum Gasteiger partial charge on any atom is -0.454 e. The molecule has 1 aliphatic carbocycles. The van der Waals surface area contributed by atoms with Crippen molar-refractivity contribution in [2.75, 3.05) is 6.79 Å². The second-order valence-electron chi connectivity index (χ2n) is 8.47. The second-order valence-corrected chi connectivity index (χ2v) is 8.87. The van der Waals surface area contributed by atoms with E-state index in [0.717, 1.165) is 42.6 Å². The van der Waals surface area contributed by atoms with Crippen molar-refractivity contribution >= 4 is 23.4 Å². The average molecular weight is 457 g/mol. The first-order valence-corrected chi connectivity index (χ1v) is 11.6. The van der Waals surface area contributed by atoms with Gasteiger partial charge < -0.3 is 19.7 Å². The Bertz CT molecular complexity index is 974. The van der Waals surface area contributed by atoms with E-state index in [4.69, 9.17) is 21.1 Å². The number of hydrogen-bond acceptors (Lipinski definition) is 4. The minimum absolute atomic E-state index is 0.0864. The van der Waals surface area contributed by atoms with Crippen molar-refractivity contribution in [1.82, 2.24) is 10.2 Å². The van der Waals surface area contributed by atoms with Gasteiger partial charge in [0.1, 0.15) is 6.04 Å². The first-order chi connectivity index (χ1) is 15.5. The Hall–Kier alpha value is -2.73. The lowest BCUT2D eigenvalue weighted by atomic mass is 10.1. The lowest BCUT2D eigenvalue weighted by molar-refractivity contribution is -0.140. The van der Waals surface area contributed by atoms with Gasteiger partial charge in [0.05, 0.1) is 0 Å². The molecule has 4 rings (SSSR count). The van der Waals surface area contributed by atoms with Crippen molar-refractivity contribution in [3.63, 3.8) is 0 Å². The Labute approximate surface area is 193 Å². The molecule has 7 heteroatoms. The molecule has 1 fully saturated rings. The van der Waals surface area contributed by atoms with Crippen molar-refractivity contribution in [3.8, 4) is 11.5 Å². The largest absolute Gasteiger partial charge is 0.454 e. The van der Waals surface area contributed by atoms with Crippen molar-refractivity contribution in [3.05, 3.63) is 58.6 Å². The first kappa shape index (κ1) is 22.5. The summed E-state index contributed by atoms with van der Waals surface area (Å²) in [6.45, 7) is 2.30. The van der Waals surface area contributed by atoms with Crippen LogP contribution in [-0.4, -0.2) is 35.6 Å². The van der Waals surface area contributed by atoms with Crippen LogP contribution in [0.3, 0.4) is 0 Å². The molecule has 1 atom stereocenters. The highest BCUT2D eigenvalue weighted by Crippen LogP contribution is 2.33. The van der Waals surface area contributed by atoms with Gasteiger partial charge in [-0.1, -0.05) is 48.7 Å². The lowest BCUT2D eigenvalue weighted by Gasteiger charge is -2.30. The number of hydrogen-bond donors (Lipinski definition) is 1. The Kier molecular flexibility index (Phi) is 7.20. The van der Waals surface area contributed by atoms with E-state index in [1.54, 1.807) is 17.9 Å². The van der Waals surface area contributed by atoms with E-state index in [0.29, 0.717) is 23.7 Å². The number of benzene rings is 2. The zero-order valence-electron chi connectivity index (χ0n) is 18.3. The third-order valence-corrected chi connectivity index (χ3v) is 6.60. The molecular weight excluding hydrogens is 428 g/mol. The van der Waals surface area contributed by atoms with Gasteiger partial charge in [-0.2, -0.15) is 0 Å². The van der Waals surface area contributed by atoms with Crippen molar-refractivity contribution in [1.29, 1.82) is 0 Å². The summed E-state index contributed by atoms with van der Waals surface area (Å²) >= 11 is 6.36. The Morgan fingerprint density at radius 2 is 1.88 bits per heavy atom. The minimum atomic E-state index is -0.587. The van der Waals surface area contributed by atoms with Crippen LogP contribution in [0.1, 0.15) is 50.2 Å². The predicted octanol–water partition coefficient (Wildman–Crippen LogP) is 4.48. The summed E-state index contributed by atoms with van der Waals surface area (Å²) in [4.78, 5) is 27.9. The smallest absolute Gasteiger partial charge is 0.242 e. The Balaban J connectivity index is 1.46. The molecule has 2 amide bonds. The number of rotatable bonds is 8. The summed E-state index contributed by atoms with van der Waals surface area (Å²) < 4.78 is 10.8. The number of ether oxygens (including phenoxy) is 2. The molecule has 0 spiro atoms. The summed E-state index contributed by atoms with van der Waals surface area (Å²) in [5.41, 5.74) is 1.81. The molecular formula is C25H29ClN2O4. The van der Waals surface area contributed by atoms with E-state index < -0.39 is 6.04 Å². The van der Waals surface area contributed by atoms with Gasteiger partial charge in [-0.15, -0.1) is 0 Å². The second kappa shape index (κ2) is 10.3. The maximum absolute atomic E-state index is 13.3. The van der Waals surface area contributed by atoms with Gasteiger partial charge in [0.2, 0.25) is 18.6 Å². The molecule has 0 radical (unpaired) electrons. The monoisotopic (exact) mass is 456 g/mol. The molecule has 170 valence electrons. The highest BCUT2D eigenvalue weighted by Gasteiger charge is 2.28. The van der Waals surface area contributed by atoms with Crippen LogP contribution in [0.2, 0.25) is 5.02 Å². The van der Waals surface area contributed by atoms with Gasteiger partial charge in [-0.3, -0.25) is 9.59 Å². The van der Waals surface area contributed by atoms with Gasteiger partial charge >= 0.3 is 0 Å². The number of fused-ring (bicyclic) bond motifs is 1. The van der Waals surface area contributed by atoms with Crippen LogP contribution in [0.4, 0.5) is 0 Å². The van der Waals surface area contributed by atoms with E-state index >= 15 is 0 Å². The van der Waals surface area contributed by atoms with Gasteiger partial charge in [-0.05, 0) is 55.5 Å². The molecule has 1 aliphatic heterocycles. The maximum atomic E-state index is 13.3. The Morgan fingerprint density at radius 1 is 1.12 bits per heavy atom. The van der Waals surface area contributed by atoms with Gasteiger partial charge in [-0.25, -0.2) is 0 Å². The molecule has 0 aromatic heterocycles. The molecule has 0 saturated heterocycles. The standard InChI is InChI=1S/C25H29ClN2O4/c1-17(25(30)27-20-7-3-4-8-20)28(15-19-6-2-5-9-21(19)26)24(29)13-11-18-10-12-22-23(14-18)32-16-31-22/h2,5-6,9-10,12,14,17,20H,3-4,7-8,11,13,15-16H2,1H3,(H,27,30). The van der Waals surface area contributed by atoms with Gasteiger partial charge in [0.25, 0.3) is 0 Å². The quantitative estimate of drug-likeness (QED) is 0.636. The zero-order chi connectivity index (χ0) is 22.5. The molecule has 2 aromatic carbocycles. The number of halogens is 1. The number of carbonyl (C=O) groups excluding carboxylic acids is 2. The fourth-order valence-electron chi connectivity index (χ4n) is 4.28. The van der Waals surface area contributed by atoms with Crippen molar-refractivity contribution < 1.29 is 19.1 Å². The molecule has 6 nitrogen and oxygen atoms in total. The van der Waals surface area contributed by atoms with Crippen LogP contribution >= 0.6 is 11.6 Å². The fraction of sp³-hybridized carbons (Fsp3) is 0.440. The van der Waals surface area contributed by atoms with Crippen LogP contribution in [0.5, 0.6) is 11.5 Å². The third-order valence-electron chi connectivity index (χ3n) is 6.23. The molecule has 1 unspecified atom stereocenters.